The van der Waals surface area contributed by atoms with E-state index in [4.69, 9.17) is 0 Å². The molecule has 2 aromatic rings. The molecule has 3 amide bonds. The number of rotatable bonds is 4. The summed E-state index contributed by atoms with van der Waals surface area (Å²) in [6, 6.07) is 6.95. The van der Waals surface area contributed by atoms with E-state index in [0.29, 0.717) is 29.3 Å². The lowest BCUT2D eigenvalue weighted by atomic mass is 9.95. The largest absolute Gasteiger partial charge is 0.307 e. The number of hydrogen-bond donors (Lipinski definition) is 1. The van der Waals surface area contributed by atoms with Gasteiger partial charge in [-0.1, -0.05) is 30.4 Å². The molecular formula is C18H19N5O3S. The zero-order valence-electron chi connectivity index (χ0n) is 15.1. The molecule has 0 saturated carbocycles. The maximum atomic E-state index is 13.4. The average molecular weight is 385 g/mol. The fourth-order valence-corrected chi connectivity index (χ4v) is 4.44. The first-order chi connectivity index (χ1) is 13.0. The lowest BCUT2D eigenvalue weighted by Gasteiger charge is -2.48. The molecule has 0 spiro atoms. The molecule has 9 heteroatoms. The summed E-state index contributed by atoms with van der Waals surface area (Å²) in [6.45, 7) is 4.11. The van der Waals surface area contributed by atoms with Crippen LogP contribution in [0.3, 0.4) is 0 Å². The third kappa shape index (κ3) is 2.53. The van der Waals surface area contributed by atoms with Gasteiger partial charge >= 0.3 is 0 Å². The number of aryl methyl sites for hydroxylation is 1. The number of amides is 3. The number of para-hydroxylation sites is 1. The Labute approximate surface area is 160 Å². The van der Waals surface area contributed by atoms with E-state index in [1.54, 1.807) is 31.2 Å². The molecular weight excluding hydrogens is 366 g/mol. The second kappa shape index (κ2) is 6.41. The van der Waals surface area contributed by atoms with E-state index in [0.717, 1.165) is 5.01 Å². The van der Waals surface area contributed by atoms with Gasteiger partial charge in [-0.2, -0.15) is 0 Å². The molecule has 8 nitrogen and oxygen atoms in total. The van der Waals surface area contributed by atoms with Crippen LogP contribution >= 0.6 is 11.3 Å². The van der Waals surface area contributed by atoms with Crippen molar-refractivity contribution in [1.29, 1.82) is 0 Å². The van der Waals surface area contributed by atoms with Crippen LogP contribution in [-0.4, -0.2) is 45.0 Å². The van der Waals surface area contributed by atoms with Crippen LogP contribution in [0.1, 0.15) is 41.6 Å². The highest BCUT2D eigenvalue weighted by Gasteiger charge is 2.60. The summed E-state index contributed by atoms with van der Waals surface area (Å²) in [4.78, 5) is 42.4. The van der Waals surface area contributed by atoms with Crippen molar-refractivity contribution in [2.45, 2.75) is 38.8 Å². The van der Waals surface area contributed by atoms with Crippen LogP contribution in [0, 0.1) is 6.92 Å². The molecule has 1 N–H and O–H groups in total. The van der Waals surface area contributed by atoms with Crippen molar-refractivity contribution in [1.82, 2.24) is 15.1 Å². The summed E-state index contributed by atoms with van der Waals surface area (Å²) in [6.07, 6.45) is 1.11. The van der Waals surface area contributed by atoms with E-state index in [1.165, 1.54) is 21.1 Å². The van der Waals surface area contributed by atoms with Crippen molar-refractivity contribution in [2.24, 2.45) is 0 Å². The molecule has 1 unspecified atom stereocenters. The molecule has 1 aromatic heterocycles. The van der Waals surface area contributed by atoms with Crippen LogP contribution in [0.25, 0.3) is 0 Å². The van der Waals surface area contributed by atoms with Gasteiger partial charge in [0.1, 0.15) is 5.01 Å². The second-order valence-electron chi connectivity index (χ2n) is 6.60. The molecule has 1 atom stereocenters. The first kappa shape index (κ1) is 17.6. The summed E-state index contributed by atoms with van der Waals surface area (Å²) >= 11 is 1.25. The highest BCUT2D eigenvalue weighted by atomic mass is 32.1. The van der Waals surface area contributed by atoms with Crippen LogP contribution in [0.15, 0.2) is 24.3 Å². The van der Waals surface area contributed by atoms with Crippen LogP contribution in [-0.2, 0) is 9.59 Å². The van der Waals surface area contributed by atoms with Crippen molar-refractivity contribution in [2.75, 3.05) is 16.8 Å². The fraction of sp³-hybridized carbons (Fsp3) is 0.389. The van der Waals surface area contributed by atoms with Crippen molar-refractivity contribution in [3.8, 4) is 0 Å². The summed E-state index contributed by atoms with van der Waals surface area (Å²) in [5, 5.41) is 11.7. The van der Waals surface area contributed by atoms with Crippen molar-refractivity contribution in [3.63, 3.8) is 0 Å². The lowest BCUT2D eigenvalue weighted by Crippen LogP contribution is -2.69. The van der Waals surface area contributed by atoms with Gasteiger partial charge in [0.2, 0.25) is 16.7 Å². The van der Waals surface area contributed by atoms with Gasteiger partial charge in [0.15, 0.2) is 0 Å². The van der Waals surface area contributed by atoms with Crippen LogP contribution in [0.4, 0.5) is 10.8 Å². The highest BCUT2D eigenvalue weighted by molar-refractivity contribution is 7.15. The Kier molecular flexibility index (Phi) is 4.18. The third-order valence-electron chi connectivity index (χ3n) is 4.93. The number of carbonyl (C=O) groups is 3. The van der Waals surface area contributed by atoms with E-state index >= 15 is 0 Å². The van der Waals surface area contributed by atoms with E-state index in [-0.39, 0.29) is 24.7 Å². The van der Waals surface area contributed by atoms with Gasteiger partial charge < -0.3 is 4.90 Å². The number of anilines is 2. The van der Waals surface area contributed by atoms with Crippen molar-refractivity contribution < 1.29 is 14.4 Å². The summed E-state index contributed by atoms with van der Waals surface area (Å²) in [7, 11) is 0. The number of nitrogens with one attached hydrogen (secondary N) is 1. The van der Waals surface area contributed by atoms with Gasteiger partial charge in [-0.25, -0.2) is 0 Å². The molecule has 27 heavy (non-hydrogen) atoms. The molecule has 4 rings (SSSR count). The fourth-order valence-electron chi connectivity index (χ4n) is 3.86. The second-order valence-corrected chi connectivity index (χ2v) is 7.78. The number of nitrogens with zero attached hydrogens (tertiary/aromatic N) is 4. The predicted molar refractivity (Wildman–Crippen MR) is 100 cm³/mol. The molecule has 1 fully saturated rings. The molecule has 1 saturated heterocycles. The third-order valence-corrected chi connectivity index (χ3v) is 5.69. The number of hydrogen-bond acceptors (Lipinski definition) is 6. The Bertz CT molecular complexity index is 943. The molecule has 2 aliphatic rings. The molecule has 2 aliphatic heterocycles. The average Bonchev–Trinajstić information content (AvgIpc) is 3.22. The quantitative estimate of drug-likeness (QED) is 0.870. The van der Waals surface area contributed by atoms with Crippen LogP contribution in [0.2, 0.25) is 0 Å². The Morgan fingerprint density at radius 2 is 2.07 bits per heavy atom. The Morgan fingerprint density at radius 1 is 1.30 bits per heavy atom. The first-order valence-corrected chi connectivity index (χ1v) is 9.66. The molecule has 3 heterocycles. The summed E-state index contributed by atoms with van der Waals surface area (Å²) in [5.74, 6) is -0.831. The molecule has 140 valence electrons. The van der Waals surface area contributed by atoms with Gasteiger partial charge in [-0.15, -0.1) is 10.2 Å². The lowest BCUT2D eigenvalue weighted by molar-refractivity contribution is -0.128. The van der Waals surface area contributed by atoms with Gasteiger partial charge in [0, 0.05) is 19.4 Å². The van der Waals surface area contributed by atoms with Crippen LogP contribution < -0.4 is 10.2 Å². The number of fused-ring (bicyclic) bond motifs is 3. The maximum absolute atomic E-state index is 13.4. The molecule has 0 bridgehead atoms. The minimum atomic E-state index is -1.38. The van der Waals surface area contributed by atoms with Crippen LogP contribution in [0.5, 0.6) is 0 Å². The standard InChI is InChI=1S/C18H19N5O3S/c1-3-10-22-15(25)12-6-4-5-7-13(12)23-14(24)8-9-18(22,23)16(26)19-17-21-20-11(2)27-17/h4-7H,3,8-10H2,1-2H3,(H,19,21,26). The summed E-state index contributed by atoms with van der Waals surface area (Å²) in [5.41, 5.74) is -0.449. The van der Waals surface area contributed by atoms with Gasteiger partial charge in [0.25, 0.3) is 11.8 Å². The van der Waals surface area contributed by atoms with E-state index < -0.39 is 11.6 Å². The number of aromatic nitrogens is 2. The van der Waals surface area contributed by atoms with Gasteiger partial charge in [-0.05, 0) is 25.5 Å². The monoisotopic (exact) mass is 385 g/mol. The topological polar surface area (TPSA) is 95.5 Å². The Hall–Kier alpha value is -2.81. The zero-order chi connectivity index (χ0) is 19.2. The number of benzene rings is 1. The number of carbonyl (C=O) groups excluding carboxylic acids is 3. The highest BCUT2D eigenvalue weighted by Crippen LogP contribution is 2.45. The normalized spacial score (nSPS) is 21.3. The molecule has 0 radical (unpaired) electrons. The first-order valence-electron chi connectivity index (χ1n) is 8.84. The smallest absolute Gasteiger partial charge is 0.273 e. The van der Waals surface area contributed by atoms with E-state index in [1.807, 2.05) is 6.92 Å². The molecule has 1 aromatic carbocycles. The maximum Gasteiger partial charge on any atom is 0.273 e. The minimum absolute atomic E-state index is 0.167. The SMILES string of the molecule is CCCN1C(=O)c2ccccc2N2C(=O)CCC12C(=O)Nc1nnc(C)s1. The van der Waals surface area contributed by atoms with Crippen molar-refractivity contribution in [3.05, 3.63) is 34.8 Å². The van der Waals surface area contributed by atoms with E-state index in [2.05, 4.69) is 15.5 Å². The Balaban J connectivity index is 1.85. The Morgan fingerprint density at radius 3 is 2.78 bits per heavy atom. The minimum Gasteiger partial charge on any atom is -0.307 e. The summed E-state index contributed by atoms with van der Waals surface area (Å²) < 4.78 is 0. The van der Waals surface area contributed by atoms with Gasteiger partial charge in [0.05, 0.1) is 11.3 Å². The van der Waals surface area contributed by atoms with Gasteiger partial charge in [-0.3, -0.25) is 24.6 Å². The van der Waals surface area contributed by atoms with Crippen molar-refractivity contribution >= 4 is 39.9 Å². The van der Waals surface area contributed by atoms with E-state index in [9.17, 15) is 14.4 Å². The zero-order valence-corrected chi connectivity index (χ0v) is 15.9. The molecule has 0 aliphatic carbocycles. The predicted octanol–water partition coefficient (Wildman–Crippen LogP) is 2.17.